The van der Waals surface area contributed by atoms with Crippen LogP contribution in [-0.4, -0.2) is 19.1 Å². The number of benzene rings is 8. The summed E-state index contributed by atoms with van der Waals surface area (Å²) in [5, 5.41) is 7.39. The normalized spacial score (nSPS) is 12.2. The molecule has 12 rings (SSSR count). The molecule has 0 bridgehead atoms. The highest BCUT2D eigenvalue weighted by Crippen LogP contribution is 2.46. The fourth-order valence-corrected chi connectivity index (χ4v) is 8.68. The number of hydrogen-bond acceptors (Lipinski definition) is 2. The lowest BCUT2D eigenvalue weighted by Gasteiger charge is -2.12. The van der Waals surface area contributed by atoms with Crippen molar-refractivity contribution in [2.45, 2.75) is 0 Å². The van der Waals surface area contributed by atoms with Crippen molar-refractivity contribution in [3.8, 4) is 45.0 Å². The van der Waals surface area contributed by atoms with Gasteiger partial charge in [0.1, 0.15) is 5.69 Å². The third kappa shape index (κ3) is 3.75. The van der Waals surface area contributed by atoms with Gasteiger partial charge in [0.25, 0.3) is 0 Å². The average Bonchev–Trinajstić information content (AvgIpc) is 3.68. The lowest BCUT2D eigenvalue weighted by molar-refractivity contribution is 1.09. The van der Waals surface area contributed by atoms with Crippen LogP contribution in [0.5, 0.6) is 0 Å². The second-order valence-electron chi connectivity index (χ2n) is 13.8. The van der Waals surface area contributed by atoms with Gasteiger partial charge in [0.2, 0.25) is 0 Å². The molecule has 0 spiro atoms. The van der Waals surface area contributed by atoms with E-state index in [1.807, 2.05) is 12.1 Å². The van der Waals surface area contributed by atoms with Crippen molar-refractivity contribution in [2.24, 2.45) is 0 Å². The molecule has 240 valence electrons. The molecule has 11 aromatic rings. The van der Waals surface area contributed by atoms with Crippen molar-refractivity contribution in [3.05, 3.63) is 170 Å². The third-order valence-corrected chi connectivity index (χ3v) is 11.0. The summed E-state index contributed by atoms with van der Waals surface area (Å²) in [6.45, 7) is 0. The molecule has 1 aliphatic rings. The van der Waals surface area contributed by atoms with Gasteiger partial charge in [-0.1, -0.05) is 121 Å². The van der Waals surface area contributed by atoms with Crippen LogP contribution >= 0.6 is 0 Å². The Morgan fingerprint density at radius 2 is 1.04 bits per heavy atom. The molecule has 1 aliphatic heterocycles. The molecule has 4 nitrogen and oxygen atoms in total. The molecule has 4 heterocycles. The molecular formula is C48H28N4. The van der Waals surface area contributed by atoms with Crippen molar-refractivity contribution < 1.29 is 0 Å². The predicted octanol–water partition coefficient (Wildman–Crippen LogP) is 12.3. The number of nitrogens with zero attached hydrogens (tertiary/aromatic N) is 4. The Bertz CT molecular complexity index is 3310. The molecule has 0 saturated carbocycles. The van der Waals surface area contributed by atoms with E-state index in [1.54, 1.807) is 0 Å². The van der Waals surface area contributed by atoms with E-state index < -0.39 is 0 Å². The minimum absolute atomic E-state index is 0.866. The summed E-state index contributed by atoms with van der Waals surface area (Å²) in [6.07, 6.45) is 0. The van der Waals surface area contributed by atoms with Crippen molar-refractivity contribution in [1.29, 1.82) is 0 Å². The van der Waals surface area contributed by atoms with E-state index in [0.29, 0.717) is 0 Å². The first-order valence-electron chi connectivity index (χ1n) is 17.8. The van der Waals surface area contributed by atoms with Crippen LogP contribution in [0.4, 0.5) is 0 Å². The monoisotopic (exact) mass is 660 g/mol. The van der Waals surface area contributed by atoms with Gasteiger partial charge in [0.15, 0.2) is 5.82 Å². The minimum Gasteiger partial charge on any atom is -0.309 e. The van der Waals surface area contributed by atoms with E-state index in [4.69, 9.17) is 9.97 Å². The maximum atomic E-state index is 5.31. The SMILES string of the molecule is c1ccc2c(c1)-c1nc3ccccc3nc1-n1c3ccc(-c4ccc5c6ccccc6n(-c6ccc7ccccc7c6)c5c4)cc3c3cccc-2c31. The molecule has 0 aliphatic carbocycles. The first-order chi connectivity index (χ1) is 25.8. The van der Waals surface area contributed by atoms with Crippen LogP contribution in [-0.2, 0) is 0 Å². The highest BCUT2D eigenvalue weighted by atomic mass is 15.1. The molecule has 0 unspecified atom stereocenters. The number of rotatable bonds is 2. The van der Waals surface area contributed by atoms with Crippen LogP contribution in [0.15, 0.2) is 170 Å². The zero-order chi connectivity index (χ0) is 33.9. The van der Waals surface area contributed by atoms with Gasteiger partial charge in [0, 0.05) is 38.4 Å². The standard InChI is InChI=1S/C48H28N4/c1-2-11-30-26-33(23-20-29(30)10-1)51-43-19-8-5-13-35(43)36-24-21-32(28-45(36)51)31-22-25-44-40(27-31)39-16-9-15-38-34-12-3-4-14-37(34)46-48(52(44)47(38)39)50-42-18-7-6-17-41(42)49-46/h1-28H. The van der Waals surface area contributed by atoms with E-state index in [9.17, 15) is 0 Å². The van der Waals surface area contributed by atoms with Gasteiger partial charge in [0.05, 0.1) is 33.1 Å². The van der Waals surface area contributed by atoms with Gasteiger partial charge in [-0.2, -0.15) is 0 Å². The van der Waals surface area contributed by atoms with Crippen LogP contribution in [0, 0.1) is 0 Å². The molecule has 0 saturated heterocycles. The van der Waals surface area contributed by atoms with E-state index in [2.05, 4.69) is 167 Å². The number of fused-ring (bicyclic) bond motifs is 13. The second kappa shape index (κ2) is 10.3. The summed E-state index contributed by atoms with van der Waals surface area (Å²) in [6, 6.07) is 61.4. The fourth-order valence-electron chi connectivity index (χ4n) is 8.68. The summed E-state index contributed by atoms with van der Waals surface area (Å²) >= 11 is 0. The second-order valence-corrected chi connectivity index (χ2v) is 13.8. The average molecular weight is 661 g/mol. The summed E-state index contributed by atoms with van der Waals surface area (Å²) in [5.74, 6) is 0.866. The molecule has 8 aromatic carbocycles. The summed E-state index contributed by atoms with van der Waals surface area (Å²) in [4.78, 5) is 10.6. The first kappa shape index (κ1) is 27.7. The first-order valence-corrected chi connectivity index (χ1v) is 17.8. The van der Waals surface area contributed by atoms with Gasteiger partial charge in [-0.25, -0.2) is 9.97 Å². The zero-order valence-corrected chi connectivity index (χ0v) is 28.0. The van der Waals surface area contributed by atoms with Crippen LogP contribution in [0.25, 0.3) is 110 Å². The highest BCUT2D eigenvalue weighted by Gasteiger charge is 2.27. The van der Waals surface area contributed by atoms with E-state index in [-0.39, 0.29) is 0 Å². The Morgan fingerprint density at radius 3 is 1.96 bits per heavy atom. The maximum Gasteiger partial charge on any atom is 0.165 e. The lowest BCUT2D eigenvalue weighted by atomic mass is 9.96. The summed E-state index contributed by atoms with van der Waals surface area (Å²) in [7, 11) is 0. The zero-order valence-electron chi connectivity index (χ0n) is 28.0. The molecule has 3 aromatic heterocycles. The van der Waals surface area contributed by atoms with Gasteiger partial charge in [-0.05, 0) is 76.0 Å². The molecule has 0 amide bonds. The smallest absolute Gasteiger partial charge is 0.165 e. The van der Waals surface area contributed by atoms with E-state index in [0.717, 1.165) is 44.8 Å². The quantitative estimate of drug-likeness (QED) is 0.185. The predicted molar refractivity (Wildman–Crippen MR) is 216 cm³/mol. The Balaban J connectivity index is 1.12. The van der Waals surface area contributed by atoms with Crippen molar-refractivity contribution >= 4 is 65.4 Å². The molecule has 0 radical (unpaired) electrons. The van der Waals surface area contributed by atoms with Gasteiger partial charge in [-0.15, -0.1) is 0 Å². The topological polar surface area (TPSA) is 35.6 Å². The molecule has 0 atom stereocenters. The van der Waals surface area contributed by atoms with Crippen LogP contribution in [0.2, 0.25) is 0 Å². The van der Waals surface area contributed by atoms with Crippen LogP contribution in [0.1, 0.15) is 0 Å². The molecular weight excluding hydrogens is 633 g/mol. The largest absolute Gasteiger partial charge is 0.309 e. The maximum absolute atomic E-state index is 5.31. The Labute approximate surface area is 298 Å². The number of aromatic nitrogens is 4. The van der Waals surface area contributed by atoms with Gasteiger partial charge < -0.3 is 4.57 Å². The summed E-state index contributed by atoms with van der Waals surface area (Å²) < 4.78 is 4.76. The van der Waals surface area contributed by atoms with E-state index >= 15 is 0 Å². The van der Waals surface area contributed by atoms with Gasteiger partial charge in [-0.3, -0.25) is 4.57 Å². The minimum atomic E-state index is 0.866. The Kier molecular flexibility index (Phi) is 5.47. The van der Waals surface area contributed by atoms with Crippen molar-refractivity contribution in [3.63, 3.8) is 0 Å². The fraction of sp³-hybridized carbons (Fsp3) is 0. The Hall–Kier alpha value is -7.04. The molecule has 0 N–H and O–H groups in total. The Morgan fingerprint density at radius 1 is 0.365 bits per heavy atom. The van der Waals surface area contributed by atoms with Crippen LogP contribution in [0.3, 0.4) is 0 Å². The molecule has 4 heteroatoms. The lowest BCUT2D eigenvalue weighted by Crippen LogP contribution is -2.02. The molecule has 52 heavy (non-hydrogen) atoms. The van der Waals surface area contributed by atoms with Gasteiger partial charge >= 0.3 is 0 Å². The van der Waals surface area contributed by atoms with Crippen molar-refractivity contribution in [1.82, 2.24) is 19.1 Å². The number of hydrogen-bond donors (Lipinski definition) is 0. The highest BCUT2D eigenvalue weighted by molar-refractivity contribution is 6.17. The van der Waals surface area contributed by atoms with E-state index in [1.165, 1.54) is 65.6 Å². The van der Waals surface area contributed by atoms with Crippen LogP contribution < -0.4 is 0 Å². The third-order valence-electron chi connectivity index (χ3n) is 11.0. The van der Waals surface area contributed by atoms with Crippen molar-refractivity contribution in [2.75, 3.05) is 0 Å². The summed E-state index contributed by atoms with van der Waals surface area (Å²) in [5.41, 5.74) is 14.4. The molecule has 0 fully saturated rings. The number of para-hydroxylation sites is 4.